The van der Waals surface area contributed by atoms with Gasteiger partial charge in [0.1, 0.15) is 0 Å². The van der Waals surface area contributed by atoms with E-state index in [1.54, 1.807) is 23.5 Å². The quantitative estimate of drug-likeness (QED) is 0.858. The Hall–Kier alpha value is -2.32. The summed E-state index contributed by atoms with van der Waals surface area (Å²) in [6, 6.07) is 13.3. The van der Waals surface area contributed by atoms with Crippen molar-refractivity contribution in [3.8, 4) is 6.07 Å². The van der Waals surface area contributed by atoms with Crippen LogP contribution in [-0.4, -0.2) is 13.1 Å². The van der Waals surface area contributed by atoms with E-state index in [2.05, 4.69) is 16.1 Å². The van der Waals surface area contributed by atoms with Crippen LogP contribution in [0.25, 0.3) is 0 Å². The minimum Gasteiger partial charge on any atom is -0.469 e. The van der Waals surface area contributed by atoms with Gasteiger partial charge in [0.05, 0.1) is 25.2 Å². The third-order valence-corrected chi connectivity index (χ3v) is 3.83. The maximum Gasteiger partial charge on any atom is 0.310 e. The van der Waals surface area contributed by atoms with Crippen molar-refractivity contribution >= 4 is 23.0 Å². The number of carbonyl (C=O) groups is 1. The average molecular weight is 286 g/mol. The summed E-state index contributed by atoms with van der Waals surface area (Å²) in [5, 5.41) is 12.0. The average Bonchev–Trinajstić information content (AvgIpc) is 2.93. The lowest BCUT2D eigenvalue weighted by Gasteiger charge is -2.04. The molecule has 2 aromatic rings. The van der Waals surface area contributed by atoms with Gasteiger partial charge in [0.25, 0.3) is 0 Å². The molecule has 0 amide bonds. The molecule has 5 heteroatoms. The number of methoxy groups -OCH3 is 1. The topological polar surface area (TPSA) is 62.1 Å². The van der Waals surface area contributed by atoms with Crippen molar-refractivity contribution in [1.82, 2.24) is 0 Å². The fraction of sp³-hybridized carbons (Fsp3) is 0.200. The van der Waals surface area contributed by atoms with Crippen molar-refractivity contribution < 1.29 is 9.53 Å². The van der Waals surface area contributed by atoms with Crippen molar-refractivity contribution in [3.05, 3.63) is 51.7 Å². The second kappa shape index (κ2) is 6.73. The van der Waals surface area contributed by atoms with Gasteiger partial charge in [-0.3, -0.25) is 4.79 Å². The summed E-state index contributed by atoms with van der Waals surface area (Å²) < 4.78 is 4.64. The minimum atomic E-state index is -0.224. The van der Waals surface area contributed by atoms with Crippen LogP contribution in [0.3, 0.4) is 0 Å². The molecule has 1 aromatic heterocycles. The van der Waals surface area contributed by atoms with Gasteiger partial charge >= 0.3 is 5.97 Å². The molecule has 0 aliphatic carbocycles. The zero-order valence-electron chi connectivity index (χ0n) is 11.1. The number of hydrogen-bond acceptors (Lipinski definition) is 5. The standard InChI is InChI=1S/C15H14N2O2S/c1-19-15(18)8-13-6-7-14(20-13)10-17-12-4-2-11(9-16)3-5-12/h2-7,17H,8,10H2,1H3. The Balaban J connectivity index is 1.90. The zero-order chi connectivity index (χ0) is 14.4. The van der Waals surface area contributed by atoms with Crippen molar-refractivity contribution in [3.63, 3.8) is 0 Å². The van der Waals surface area contributed by atoms with Gasteiger partial charge in [-0.05, 0) is 36.4 Å². The van der Waals surface area contributed by atoms with Gasteiger partial charge in [-0.1, -0.05) is 0 Å². The summed E-state index contributed by atoms with van der Waals surface area (Å²) >= 11 is 1.59. The normalized spacial score (nSPS) is 9.80. The number of hydrogen-bond donors (Lipinski definition) is 1. The van der Waals surface area contributed by atoms with Crippen LogP contribution in [0.15, 0.2) is 36.4 Å². The van der Waals surface area contributed by atoms with Gasteiger partial charge in [-0.2, -0.15) is 5.26 Å². The number of rotatable bonds is 5. The van der Waals surface area contributed by atoms with Crippen LogP contribution in [0, 0.1) is 11.3 Å². The highest BCUT2D eigenvalue weighted by Crippen LogP contribution is 2.19. The van der Waals surface area contributed by atoms with E-state index in [0.29, 0.717) is 18.5 Å². The SMILES string of the molecule is COC(=O)Cc1ccc(CNc2ccc(C#N)cc2)s1. The number of ether oxygens (including phenoxy) is 1. The molecule has 20 heavy (non-hydrogen) atoms. The molecule has 1 heterocycles. The van der Waals surface area contributed by atoms with E-state index >= 15 is 0 Å². The monoisotopic (exact) mass is 286 g/mol. The number of nitrogens with zero attached hydrogens (tertiary/aromatic N) is 1. The third kappa shape index (κ3) is 3.84. The molecule has 0 aliphatic rings. The molecule has 0 saturated heterocycles. The van der Waals surface area contributed by atoms with E-state index in [1.165, 1.54) is 7.11 Å². The molecule has 0 spiro atoms. The van der Waals surface area contributed by atoms with Crippen LogP contribution in [0.5, 0.6) is 0 Å². The summed E-state index contributed by atoms with van der Waals surface area (Å²) in [5.41, 5.74) is 1.61. The van der Waals surface area contributed by atoms with Gasteiger partial charge in [0.15, 0.2) is 0 Å². The third-order valence-electron chi connectivity index (χ3n) is 2.74. The van der Waals surface area contributed by atoms with E-state index in [1.807, 2.05) is 24.3 Å². The first-order valence-electron chi connectivity index (χ1n) is 6.09. The molecule has 1 aromatic carbocycles. The smallest absolute Gasteiger partial charge is 0.310 e. The molecular formula is C15H14N2O2S. The molecule has 0 aliphatic heterocycles. The Morgan fingerprint density at radius 2 is 1.95 bits per heavy atom. The maximum atomic E-state index is 11.2. The summed E-state index contributed by atoms with van der Waals surface area (Å²) in [4.78, 5) is 13.3. The number of anilines is 1. The van der Waals surface area contributed by atoms with Crippen molar-refractivity contribution in [2.75, 3.05) is 12.4 Å². The zero-order valence-corrected chi connectivity index (χ0v) is 11.9. The summed E-state index contributed by atoms with van der Waals surface area (Å²) in [5.74, 6) is -0.224. The Kier molecular flexibility index (Phi) is 4.75. The number of nitrogens with one attached hydrogen (secondary N) is 1. The van der Waals surface area contributed by atoms with Crippen LogP contribution in [-0.2, 0) is 22.5 Å². The molecule has 0 unspecified atom stereocenters. The van der Waals surface area contributed by atoms with Gasteiger partial charge in [-0.15, -0.1) is 11.3 Å². The van der Waals surface area contributed by atoms with Gasteiger partial charge < -0.3 is 10.1 Å². The molecule has 0 fully saturated rings. The summed E-state index contributed by atoms with van der Waals surface area (Å²) in [6.45, 7) is 0.692. The van der Waals surface area contributed by atoms with Crippen LogP contribution in [0.2, 0.25) is 0 Å². The second-order valence-corrected chi connectivity index (χ2v) is 5.42. The molecule has 0 atom stereocenters. The lowest BCUT2D eigenvalue weighted by molar-refractivity contribution is -0.139. The van der Waals surface area contributed by atoms with E-state index in [0.717, 1.165) is 15.4 Å². The van der Waals surface area contributed by atoms with Gasteiger partial charge in [-0.25, -0.2) is 0 Å². The molecule has 0 radical (unpaired) electrons. The molecule has 2 rings (SSSR count). The van der Waals surface area contributed by atoms with Gasteiger partial charge in [0.2, 0.25) is 0 Å². The van der Waals surface area contributed by atoms with Gasteiger partial charge in [0, 0.05) is 22.0 Å². The van der Waals surface area contributed by atoms with Crippen molar-refractivity contribution in [2.24, 2.45) is 0 Å². The first kappa shape index (κ1) is 14.1. The Morgan fingerprint density at radius 3 is 2.60 bits per heavy atom. The van der Waals surface area contributed by atoms with Crippen LogP contribution >= 0.6 is 11.3 Å². The highest BCUT2D eigenvalue weighted by Gasteiger charge is 2.06. The largest absolute Gasteiger partial charge is 0.469 e. The Bertz CT molecular complexity index is 626. The second-order valence-electron chi connectivity index (χ2n) is 4.16. The predicted octanol–water partition coefficient (Wildman–Crippen LogP) is 2.95. The van der Waals surface area contributed by atoms with Crippen molar-refractivity contribution in [2.45, 2.75) is 13.0 Å². The van der Waals surface area contributed by atoms with Crippen LogP contribution < -0.4 is 5.32 Å². The van der Waals surface area contributed by atoms with E-state index in [4.69, 9.17) is 5.26 Å². The molecular weight excluding hydrogens is 272 g/mol. The number of carbonyl (C=O) groups excluding carboxylic acids is 1. The molecule has 102 valence electrons. The lowest BCUT2D eigenvalue weighted by Crippen LogP contribution is -2.02. The number of nitriles is 1. The molecule has 0 bridgehead atoms. The number of thiophene rings is 1. The Morgan fingerprint density at radius 1 is 1.25 bits per heavy atom. The highest BCUT2D eigenvalue weighted by atomic mass is 32.1. The van der Waals surface area contributed by atoms with E-state index in [-0.39, 0.29) is 5.97 Å². The predicted molar refractivity (Wildman–Crippen MR) is 78.5 cm³/mol. The molecule has 0 saturated carbocycles. The number of benzene rings is 1. The highest BCUT2D eigenvalue weighted by molar-refractivity contribution is 7.12. The first-order chi connectivity index (χ1) is 9.71. The first-order valence-corrected chi connectivity index (χ1v) is 6.91. The summed E-state index contributed by atoms with van der Waals surface area (Å²) in [6.07, 6.45) is 0.317. The van der Waals surface area contributed by atoms with Crippen molar-refractivity contribution in [1.29, 1.82) is 5.26 Å². The van der Waals surface area contributed by atoms with E-state index < -0.39 is 0 Å². The van der Waals surface area contributed by atoms with Crippen LogP contribution in [0.1, 0.15) is 15.3 Å². The fourth-order valence-corrected chi connectivity index (χ4v) is 2.62. The van der Waals surface area contributed by atoms with E-state index in [9.17, 15) is 4.79 Å². The number of esters is 1. The Labute approximate surface area is 121 Å². The fourth-order valence-electron chi connectivity index (χ4n) is 1.68. The molecule has 4 nitrogen and oxygen atoms in total. The lowest BCUT2D eigenvalue weighted by atomic mass is 10.2. The van der Waals surface area contributed by atoms with Crippen LogP contribution in [0.4, 0.5) is 5.69 Å². The minimum absolute atomic E-state index is 0.224. The maximum absolute atomic E-state index is 11.2. The molecule has 1 N–H and O–H groups in total. The summed E-state index contributed by atoms with van der Waals surface area (Å²) in [7, 11) is 1.39.